The van der Waals surface area contributed by atoms with E-state index < -0.39 is 11.8 Å². The molecule has 1 N–H and O–H groups in total. The Bertz CT molecular complexity index is 617. The van der Waals surface area contributed by atoms with Crippen LogP contribution in [0.25, 0.3) is 5.69 Å². The molecule has 0 radical (unpaired) electrons. The smallest absolute Gasteiger partial charge is 0.356 e. The van der Waals surface area contributed by atoms with Gasteiger partial charge in [-0.25, -0.2) is 13.9 Å². The Hall–Kier alpha value is -1.59. The predicted octanol–water partition coefficient (Wildman–Crippen LogP) is 3.32. The summed E-state index contributed by atoms with van der Waals surface area (Å²) in [5.74, 6) is -1.85. The minimum atomic E-state index is -1.13. The van der Waals surface area contributed by atoms with Gasteiger partial charge in [-0.15, -0.1) is 0 Å². The number of hydrogen-bond donors (Lipinski definition) is 1. The number of rotatable bonds is 2. The Morgan fingerprint density at radius 1 is 1.39 bits per heavy atom. The lowest BCUT2D eigenvalue weighted by atomic mass is 10.3. The van der Waals surface area contributed by atoms with Gasteiger partial charge in [0.1, 0.15) is 0 Å². The van der Waals surface area contributed by atoms with Gasteiger partial charge in [-0.3, -0.25) is 0 Å². The van der Waals surface area contributed by atoms with Gasteiger partial charge in [0.25, 0.3) is 0 Å². The van der Waals surface area contributed by atoms with Crippen LogP contribution in [0.3, 0.4) is 0 Å². The van der Waals surface area contributed by atoms with E-state index in [0.29, 0.717) is 11.3 Å². The van der Waals surface area contributed by atoms with Crippen LogP contribution in [-0.4, -0.2) is 20.9 Å². The quantitative estimate of drug-likeness (QED) is 0.863. The van der Waals surface area contributed by atoms with E-state index in [1.807, 2.05) is 0 Å². The first-order valence-electron chi connectivity index (χ1n) is 4.84. The van der Waals surface area contributed by atoms with Gasteiger partial charge in [-0.2, -0.15) is 5.10 Å². The number of carbonyl (C=O) groups is 1. The number of aryl methyl sites for hydroxylation is 1. The second-order valence-corrected chi connectivity index (χ2v) is 4.45. The van der Waals surface area contributed by atoms with Gasteiger partial charge in [0.2, 0.25) is 0 Å². The molecule has 7 heteroatoms. The van der Waals surface area contributed by atoms with Crippen molar-refractivity contribution in [3.63, 3.8) is 0 Å². The first-order valence-corrected chi connectivity index (χ1v) is 5.60. The number of nitrogens with zero attached hydrogens (tertiary/aromatic N) is 2. The summed E-state index contributed by atoms with van der Waals surface area (Å²) in [6.07, 6.45) is 1.50. The Morgan fingerprint density at radius 3 is 2.39 bits per heavy atom. The molecule has 94 valence electrons. The summed E-state index contributed by atoms with van der Waals surface area (Å²) in [4.78, 5) is 10.9. The molecule has 4 nitrogen and oxygen atoms in total. The molecule has 1 aromatic carbocycles. The van der Waals surface area contributed by atoms with Crippen LogP contribution in [0.1, 0.15) is 16.1 Å². The fourth-order valence-electron chi connectivity index (χ4n) is 1.48. The average Bonchev–Trinajstić information content (AvgIpc) is 2.67. The molecular formula is C11H7Cl2FN2O2. The van der Waals surface area contributed by atoms with Crippen molar-refractivity contribution in [2.24, 2.45) is 0 Å². The van der Waals surface area contributed by atoms with Gasteiger partial charge in [0.05, 0.1) is 15.7 Å². The van der Waals surface area contributed by atoms with E-state index in [2.05, 4.69) is 5.10 Å². The molecule has 0 saturated heterocycles. The molecule has 0 aliphatic carbocycles. The summed E-state index contributed by atoms with van der Waals surface area (Å²) >= 11 is 11.3. The zero-order valence-corrected chi connectivity index (χ0v) is 10.6. The Morgan fingerprint density at radius 2 is 1.94 bits per heavy atom. The largest absolute Gasteiger partial charge is 0.476 e. The highest BCUT2D eigenvalue weighted by Gasteiger charge is 2.15. The third-order valence-electron chi connectivity index (χ3n) is 2.33. The zero-order valence-electron chi connectivity index (χ0n) is 9.12. The summed E-state index contributed by atoms with van der Waals surface area (Å²) in [6, 6.07) is 2.64. The standard InChI is InChI=1S/C11H7Cl2FN2O2/c1-5-4-16(15-10(5)11(17)18)6-2-7(12)9(14)8(13)3-6/h2-4H,1H3,(H,17,18). The van der Waals surface area contributed by atoms with Crippen molar-refractivity contribution >= 4 is 29.2 Å². The van der Waals surface area contributed by atoms with E-state index in [9.17, 15) is 9.18 Å². The molecule has 1 heterocycles. The zero-order chi connectivity index (χ0) is 13.4. The van der Waals surface area contributed by atoms with Crippen LogP contribution in [-0.2, 0) is 0 Å². The van der Waals surface area contributed by atoms with Gasteiger partial charge in [-0.1, -0.05) is 23.2 Å². The van der Waals surface area contributed by atoms with Gasteiger partial charge >= 0.3 is 5.97 Å². The normalized spacial score (nSPS) is 10.7. The second-order valence-electron chi connectivity index (χ2n) is 3.63. The van der Waals surface area contributed by atoms with E-state index in [4.69, 9.17) is 28.3 Å². The summed E-state index contributed by atoms with van der Waals surface area (Å²) in [6.45, 7) is 1.61. The molecule has 0 aliphatic rings. The van der Waals surface area contributed by atoms with E-state index in [1.165, 1.54) is 23.0 Å². The molecule has 2 rings (SSSR count). The van der Waals surface area contributed by atoms with E-state index in [0.717, 1.165) is 0 Å². The highest BCUT2D eigenvalue weighted by molar-refractivity contribution is 6.35. The first-order chi connectivity index (χ1) is 8.40. The highest BCUT2D eigenvalue weighted by Crippen LogP contribution is 2.26. The monoisotopic (exact) mass is 288 g/mol. The Labute approximate surface area is 112 Å². The summed E-state index contributed by atoms with van der Waals surface area (Å²) in [7, 11) is 0. The lowest BCUT2D eigenvalue weighted by Gasteiger charge is -2.04. The third kappa shape index (κ3) is 2.19. The van der Waals surface area contributed by atoms with Crippen LogP contribution < -0.4 is 0 Å². The topological polar surface area (TPSA) is 55.1 Å². The van der Waals surface area contributed by atoms with Crippen LogP contribution in [0.2, 0.25) is 10.0 Å². The fourth-order valence-corrected chi connectivity index (χ4v) is 1.95. The predicted molar refractivity (Wildman–Crippen MR) is 65.2 cm³/mol. The average molecular weight is 289 g/mol. The van der Waals surface area contributed by atoms with Crippen LogP contribution in [0.4, 0.5) is 4.39 Å². The minimum absolute atomic E-state index is 0.0773. The molecule has 18 heavy (non-hydrogen) atoms. The van der Waals surface area contributed by atoms with Crippen molar-refractivity contribution in [2.75, 3.05) is 0 Å². The van der Waals surface area contributed by atoms with E-state index in [1.54, 1.807) is 6.92 Å². The van der Waals surface area contributed by atoms with Crippen molar-refractivity contribution in [1.82, 2.24) is 9.78 Å². The highest BCUT2D eigenvalue weighted by atomic mass is 35.5. The maximum absolute atomic E-state index is 13.3. The lowest BCUT2D eigenvalue weighted by molar-refractivity contribution is 0.0689. The molecular weight excluding hydrogens is 282 g/mol. The second kappa shape index (κ2) is 4.59. The summed E-state index contributed by atoms with van der Waals surface area (Å²) in [5, 5.41) is 12.5. The molecule has 0 fully saturated rings. The minimum Gasteiger partial charge on any atom is -0.476 e. The number of benzene rings is 1. The summed E-state index contributed by atoms with van der Waals surface area (Å²) in [5.41, 5.74) is 0.799. The number of aromatic carboxylic acids is 1. The maximum atomic E-state index is 13.3. The first kappa shape index (κ1) is 12.9. The van der Waals surface area contributed by atoms with Crippen molar-refractivity contribution in [1.29, 1.82) is 0 Å². The van der Waals surface area contributed by atoms with Crippen molar-refractivity contribution in [3.8, 4) is 5.69 Å². The van der Waals surface area contributed by atoms with Gasteiger partial charge in [-0.05, 0) is 19.1 Å². The molecule has 0 saturated carbocycles. The van der Waals surface area contributed by atoms with Crippen LogP contribution >= 0.6 is 23.2 Å². The molecule has 2 aromatic rings. The number of halogens is 3. The molecule has 0 aliphatic heterocycles. The number of hydrogen-bond acceptors (Lipinski definition) is 2. The Balaban J connectivity index is 2.56. The number of carboxylic acid groups (broad SMARTS) is 1. The number of aromatic nitrogens is 2. The third-order valence-corrected chi connectivity index (χ3v) is 2.88. The molecule has 0 bridgehead atoms. The van der Waals surface area contributed by atoms with Crippen LogP contribution in [0.15, 0.2) is 18.3 Å². The van der Waals surface area contributed by atoms with Gasteiger partial charge in [0.15, 0.2) is 11.5 Å². The van der Waals surface area contributed by atoms with Crippen molar-refractivity contribution in [2.45, 2.75) is 6.92 Å². The maximum Gasteiger partial charge on any atom is 0.356 e. The molecule has 0 spiro atoms. The lowest BCUT2D eigenvalue weighted by Crippen LogP contribution is -2.02. The fraction of sp³-hybridized carbons (Fsp3) is 0.0909. The van der Waals surface area contributed by atoms with Crippen LogP contribution in [0, 0.1) is 12.7 Å². The van der Waals surface area contributed by atoms with Crippen molar-refractivity contribution in [3.05, 3.63) is 45.4 Å². The molecule has 0 atom stereocenters. The van der Waals surface area contributed by atoms with E-state index >= 15 is 0 Å². The SMILES string of the molecule is Cc1cn(-c2cc(Cl)c(F)c(Cl)c2)nc1C(=O)O. The Kier molecular flexibility index (Phi) is 3.28. The van der Waals surface area contributed by atoms with Gasteiger partial charge in [0, 0.05) is 11.8 Å². The summed E-state index contributed by atoms with van der Waals surface area (Å²) < 4.78 is 14.5. The van der Waals surface area contributed by atoms with E-state index in [-0.39, 0.29) is 15.7 Å². The molecule has 1 aromatic heterocycles. The van der Waals surface area contributed by atoms with Crippen LogP contribution in [0.5, 0.6) is 0 Å². The van der Waals surface area contributed by atoms with Crippen molar-refractivity contribution < 1.29 is 14.3 Å². The molecule has 0 amide bonds. The number of carboxylic acids is 1. The van der Waals surface area contributed by atoms with Gasteiger partial charge < -0.3 is 5.11 Å². The molecule has 0 unspecified atom stereocenters.